The van der Waals surface area contributed by atoms with E-state index < -0.39 is 0 Å². The van der Waals surface area contributed by atoms with E-state index in [4.69, 9.17) is 0 Å². The first-order valence-corrected chi connectivity index (χ1v) is 8.70. The van der Waals surface area contributed by atoms with E-state index in [0.29, 0.717) is 6.73 Å². The second kappa shape index (κ2) is 12.9. The number of hydrogen-bond donors (Lipinski definition) is 1. The highest BCUT2D eigenvalue weighted by Crippen LogP contribution is 2.15. The summed E-state index contributed by atoms with van der Waals surface area (Å²) >= 11 is 0. The molecule has 0 aliphatic carbocycles. The van der Waals surface area contributed by atoms with Crippen molar-refractivity contribution < 1.29 is 9.59 Å². The zero-order valence-corrected chi connectivity index (χ0v) is 13.8. The molecule has 0 radical (unpaired) electrons. The molecule has 0 bridgehead atoms. The predicted molar refractivity (Wildman–Crippen MR) is 85.1 cm³/mol. The van der Waals surface area contributed by atoms with Crippen molar-refractivity contribution in [3.8, 4) is 0 Å². The largest absolute Gasteiger partial charge is 0.347 e. The molecule has 0 atom stereocenters. The molecule has 19 heavy (non-hydrogen) atoms. The number of nitrogens with zero attached hydrogens (tertiary/aromatic N) is 1. The van der Waals surface area contributed by atoms with Crippen molar-refractivity contribution in [3.63, 3.8) is 0 Å². The van der Waals surface area contributed by atoms with Gasteiger partial charge in [0, 0.05) is 0 Å². The van der Waals surface area contributed by atoms with Gasteiger partial charge in [0.15, 0.2) is 6.73 Å². The molecule has 0 fully saturated rings. The van der Waals surface area contributed by atoms with E-state index in [0.717, 1.165) is 4.48 Å². The summed E-state index contributed by atoms with van der Waals surface area (Å²) in [6, 6.07) is 0. The van der Waals surface area contributed by atoms with Crippen molar-refractivity contribution >= 4 is 0 Å². The molecular formula is C17H38NO+. The van der Waals surface area contributed by atoms with Crippen LogP contribution in [0.5, 0.6) is 0 Å². The molecular weight excluding hydrogens is 234 g/mol. The number of aliphatic hydroxyl groups excluding tert-OH is 1. The van der Waals surface area contributed by atoms with Crippen molar-refractivity contribution in [1.82, 2.24) is 0 Å². The maximum Gasteiger partial charge on any atom is 0.180 e. The van der Waals surface area contributed by atoms with Crippen LogP contribution in [0.15, 0.2) is 0 Å². The monoisotopic (exact) mass is 272 g/mol. The van der Waals surface area contributed by atoms with E-state index in [-0.39, 0.29) is 0 Å². The van der Waals surface area contributed by atoms with Gasteiger partial charge in [-0.05, 0) is 32.1 Å². The number of quaternary nitrogens is 1. The summed E-state index contributed by atoms with van der Waals surface area (Å²) in [4.78, 5) is 0. The smallest absolute Gasteiger partial charge is 0.180 e. The van der Waals surface area contributed by atoms with Crippen LogP contribution >= 0.6 is 0 Å². The van der Waals surface area contributed by atoms with Gasteiger partial charge in [0.1, 0.15) is 0 Å². The van der Waals surface area contributed by atoms with Gasteiger partial charge in [-0.2, -0.15) is 0 Å². The van der Waals surface area contributed by atoms with Crippen LogP contribution < -0.4 is 0 Å². The average molecular weight is 272 g/mol. The highest BCUT2D eigenvalue weighted by Gasteiger charge is 2.24. The summed E-state index contributed by atoms with van der Waals surface area (Å²) < 4.78 is 0.960. The van der Waals surface area contributed by atoms with Crippen LogP contribution in [-0.4, -0.2) is 36.0 Å². The predicted octanol–water partition coefficient (Wildman–Crippen LogP) is 4.71. The standard InChI is InChI=1S/C17H38NO/c1-4-7-10-12-15-18(17-19,14-9-6-3)16-13-11-8-5-2/h19H,4-17H2,1-3H3/q+1. The van der Waals surface area contributed by atoms with Crippen LogP contribution in [0.2, 0.25) is 0 Å². The molecule has 0 unspecified atom stereocenters. The first-order chi connectivity index (χ1) is 9.24. The fraction of sp³-hybridized carbons (Fsp3) is 1.00. The van der Waals surface area contributed by atoms with Gasteiger partial charge in [0.25, 0.3) is 0 Å². The van der Waals surface area contributed by atoms with Crippen LogP contribution in [0.3, 0.4) is 0 Å². The van der Waals surface area contributed by atoms with Crippen LogP contribution in [0, 0.1) is 0 Å². The zero-order valence-electron chi connectivity index (χ0n) is 13.8. The molecule has 0 aromatic carbocycles. The van der Waals surface area contributed by atoms with E-state index in [2.05, 4.69) is 20.8 Å². The lowest BCUT2D eigenvalue weighted by molar-refractivity contribution is -0.945. The van der Waals surface area contributed by atoms with Crippen LogP contribution in [-0.2, 0) is 0 Å². The molecule has 1 N–H and O–H groups in total. The van der Waals surface area contributed by atoms with Crippen molar-refractivity contribution in [2.24, 2.45) is 0 Å². The van der Waals surface area contributed by atoms with E-state index in [1.54, 1.807) is 0 Å². The third-order valence-electron chi connectivity index (χ3n) is 4.26. The van der Waals surface area contributed by atoms with Gasteiger partial charge in [0.2, 0.25) is 0 Å². The Bertz CT molecular complexity index is 170. The molecule has 0 aliphatic rings. The molecule has 0 rings (SSSR count). The van der Waals surface area contributed by atoms with Gasteiger partial charge in [0.05, 0.1) is 19.6 Å². The van der Waals surface area contributed by atoms with Gasteiger partial charge in [-0.15, -0.1) is 0 Å². The van der Waals surface area contributed by atoms with Crippen molar-refractivity contribution in [2.45, 2.75) is 85.0 Å². The fourth-order valence-electron chi connectivity index (χ4n) is 2.79. The third-order valence-corrected chi connectivity index (χ3v) is 4.26. The maximum absolute atomic E-state index is 9.89. The van der Waals surface area contributed by atoms with Gasteiger partial charge < -0.3 is 9.59 Å². The van der Waals surface area contributed by atoms with Gasteiger partial charge >= 0.3 is 0 Å². The van der Waals surface area contributed by atoms with E-state index >= 15 is 0 Å². The molecule has 2 heteroatoms. The molecule has 0 heterocycles. The van der Waals surface area contributed by atoms with Gasteiger partial charge in [-0.25, -0.2) is 0 Å². The molecule has 0 aliphatic heterocycles. The minimum atomic E-state index is 0.345. The first-order valence-electron chi connectivity index (χ1n) is 8.70. The highest BCUT2D eigenvalue weighted by molar-refractivity contribution is 4.48. The lowest BCUT2D eigenvalue weighted by Crippen LogP contribution is -2.50. The van der Waals surface area contributed by atoms with E-state index in [1.807, 2.05) is 0 Å². The number of hydrogen-bond acceptors (Lipinski definition) is 1. The minimum absolute atomic E-state index is 0.345. The van der Waals surface area contributed by atoms with E-state index in [1.165, 1.54) is 83.8 Å². The van der Waals surface area contributed by atoms with Gasteiger partial charge in [-0.3, -0.25) is 0 Å². The third kappa shape index (κ3) is 9.45. The molecule has 0 aromatic rings. The lowest BCUT2D eigenvalue weighted by Gasteiger charge is -2.37. The van der Waals surface area contributed by atoms with Crippen LogP contribution in [0.1, 0.15) is 85.0 Å². The Kier molecular flexibility index (Phi) is 12.9. The topological polar surface area (TPSA) is 20.2 Å². The molecule has 0 saturated heterocycles. The maximum atomic E-state index is 9.89. The number of rotatable bonds is 14. The fourth-order valence-corrected chi connectivity index (χ4v) is 2.79. The van der Waals surface area contributed by atoms with Crippen molar-refractivity contribution in [1.29, 1.82) is 0 Å². The summed E-state index contributed by atoms with van der Waals surface area (Å²) in [5.74, 6) is 0. The Morgan fingerprint density at radius 2 is 1.00 bits per heavy atom. The molecule has 0 aromatic heterocycles. The minimum Gasteiger partial charge on any atom is -0.347 e. The second-order valence-corrected chi connectivity index (χ2v) is 6.13. The summed E-state index contributed by atoms with van der Waals surface area (Å²) in [6.45, 7) is 10.7. The lowest BCUT2D eigenvalue weighted by atomic mass is 10.1. The second-order valence-electron chi connectivity index (χ2n) is 6.13. The summed E-state index contributed by atoms with van der Waals surface area (Å²) in [5.41, 5.74) is 0. The number of unbranched alkanes of at least 4 members (excludes halogenated alkanes) is 7. The highest BCUT2D eigenvalue weighted by atomic mass is 16.3. The zero-order chi connectivity index (χ0) is 14.4. The Morgan fingerprint density at radius 1 is 0.579 bits per heavy atom. The summed E-state index contributed by atoms with van der Waals surface area (Å²) in [7, 11) is 0. The Hall–Kier alpha value is -0.0800. The average Bonchev–Trinajstić information content (AvgIpc) is 2.45. The number of aliphatic hydroxyl groups is 1. The Morgan fingerprint density at radius 3 is 1.37 bits per heavy atom. The Balaban J connectivity index is 4.15. The Labute approximate surface area is 121 Å². The van der Waals surface area contributed by atoms with Crippen LogP contribution in [0.4, 0.5) is 0 Å². The van der Waals surface area contributed by atoms with Crippen LogP contribution in [0.25, 0.3) is 0 Å². The molecule has 2 nitrogen and oxygen atoms in total. The van der Waals surface area contributed by atoms with Crippen molar-refractivity contribution in [3.05, 3.63) is 0 Å². The van der Waals surface area contributed by atoms with Crippen molar-refractivity contribution in [2.75, 3.05) is 26.4 Å². The molecule has 116 valence electrons. The quantitative estimate of drug-likeness (QED) is 0.276. The summed E-state index contributed by atoms with van der Waals surface area (Å²) in [6.07, 6.45) is 13.0. The molecule has 0 amide bonds. The van der Waals surface area contributed by atoms with Gasteiger partial charge in [-0.1, -0.05) is 52.9 Å². The van der Waals surface area contributed by atoms with E-state index in [9.17, 15) is 5.11 Å². The summed E-state index contributed by atoms with van der Waals surface area (Å²) in [5, 5.41) is 9.89. The molecule has 0 saturated carbocycles. The normalized spacial score (nSPS) is 12.0. The SMILES string of the molecule is CCCCCC[N+](CO)(CCCC)CCCCCC. The first kappa shape index (κ1) is 18.9. The molecule has 0 spiro atoms.